The quantitative estimate of drug-likeness (QED) is 0.202. The van der Waals surface area contributed by atoms with Crippen LogP contribution in [-0.4, -0.2) is 6.21 Å². The summed E-state index contributed by atoms with van der Waals surface area (Å²) in [5, 5.41) is 0. The van der Waals surface area contributed by atoms with Crippen molar-refractivity contribution in [2.24, 2.45) is 10.9 Å². The number of aliphatic imine (C=N–C) groups is 1. The molecule has 0 N–H and O–H groups in total. The summed E-state index contributed by atoms with van der Waals surface area (Å²) in [5.41, 5.74) is 1.34. The van der Waals surface area contributed by atoms with Crippen LogP contribution in [0.1, 0.15) is 85.0 Å². The van der Waals surface area contributed by atoms with E-state index in [4.69, 9.17) is 0 Å². The Bertz CT molecular complexity index is 275. The van der Waals surface area contributed by atoms with Crippen molar-refractivity contribution in [2.75, 3.05) is 0 Å². The molecular weight excluding hydrogens is 242 g/mol. The van der Waals surface area contributed by atoms with Crippen molar-refractivity contribution in [1.82, 2.24) is 0 Å². The van der Waals surface area contributed by atoms with Gasteiger partial charge in [0, 0.05) is 12.4 Å². The summed E-state index contributed by atoms with van der Waals surface area (Å²) in [6, 6.07) is 0. The molecule has 0 radical (unpaired) electrons. The highest BCUT2D eigenvalue weighted by molar-refractivity contribution is 5.57. The van der Waals surface area contributed by atoms with Crippen molar-refractivity contribution in [1.29, 1.82) is 0 Å². The molecule has 20 heavy (non-hydrogen) atoms. The number of rotatable bonds is 13. The molecule has 1 atom stereocenters. The summed E-state index contributed by atoms with van der Waals surface area (Å²) in [6.07, 6.45) is 19.0. The lowest BCUT2D eigenvalue weighted by atomic mass is 9.88. The normalized spacial score (nSPS) is 13.8. The van der Waals surface area contributed by atoms with Crippen molar-refractivity contribution in [3.8, 4) is 0 Å². The molecular formula is C19H35N. The fraction of sp³-hybridized carbons (Fsp3) is 0.737. The van der Waals surface area contributed by atoms with Gasteiger partial charge in [-0.1, -0.05) is 78.4 Å². The van der Waals surface area contributed by atoms with Crippen LogP contribution in [0.4, 0.5) is 0 Å². The SMILES string of the molecule is C=C/C(=C\N=CCC)C(CCCCC)CCCCCC. The molecule has 0 spiro atoms. The van der Waals surface area contributed by atoms with Crippen LogP contribution in [0.25, 0.3) is 0 Å². The molecule has 0 aromatic carbocycles. The molecule has 1 unspecified atom stereocenters. The molecule has 1 heteroatoms. The monoisotopic (exact) mass is 277 g/mol. The van der Waals surface area contributed by atoms with E-state index in [0.29, 0.717) is 5.92 Å². The molecule has 0 aliphatic carbocycles. The fourth-order valence-electron chi connectivity index (χ4n) is 2.50. The first-order valence-electron chi connectivity index (χ1n) is 8.64. The molecule has 0 saturated heterocycles. The van der Waals surface area contributed by atoms with E-state index < -0.39 is 0 Å². The molecule has 0 amide bonds. The van der Waals surface area contributed by atoms with Crippen molar-refractivity contribution in [3.63, 3.8) is 0 Å². The van der Waals surface area contributed by atoms with Gasteiger partial charge in [-0.25, -0.2) is 0 Å². The molecule has 0 rings (SSSR count). The Morgan fingerprint density at radius 3 is 2.10 bits per heavy atom. The van der Waals surface area contributed by atoms with Crippen LogP contribution in [0.15, 0.2) is 29.4 Å². The van der Waals surface area contributed by atoms with Gasteiger partial charge in [-0.2, -0.15) is 0 Å². The second-order valence-electron chi connectivity index (χ2n) is 5.62. The van der Waals surface area contributed by atoms with Crippen LogP contribution in [0.2, 0.25) is 0 Å². The number of unbranched alkanes of at least 4 members (excludes halogenated alkanes) is 5. The Morgan fingerprint density at radius 2 is 1.55 bits per heavy atom. The smallest absolute Gasteiger partial charge is 0.0298 e. The van der Waals surface area contributed by atoms with Crippen LogP contribution in [0.5, 0.6) is 0 Å². The zero-order valence-corrected chi connectivity index (χ0v) is 14.0. The molecule has 0 aromatic heterocycles. The molecule has 0 aliphatic heterocycles. The van der Waals surface area contributed by atoms with E-state index in [1.807, 2.05) is 18.5 Å². The van der Waals surface area contributed by atoms with Crippen molar-refractivity contribution in [2.45, 2.75) is 85.0 Å². The summed E-state index contributed by atoms with van der Waals surface area (Å²) < 4.78 is 0. The number of allylic oxidation sites excluding steroid dienone is 2. The molecule has 116 valence electrons. The maximum atomic E-state index is 4.40. The fourth-order valence-corrected chi connectivity index (χ4v) is 2.50. The third-order valence-electron chi connectivity index (χ3n) is 3.78. The van der Waals surface area contributed by atoms with E-state index in [-0.39, 0.29) is 0 Å². The Hall–Kier alpha value is -0.850. The number of hydrogen-bond donors (Lipinski definition) is 0. The van der Waals surface area contributed by atoms with E-state index >= 15 is 0 Å². The van der Waals surface area contributed by atoms with Crippen molar-refractivity contribution in [3.05, 3.63) is 24.4 Å². The summed E-state index contributed by atoms with van der Waals surface area (Å²) >= 11 is 0. The molecule has 0 heterocycles. The Kier molecular flexibility index (Phi) is 13.9. The Morgan fingerprint density at radius 1 is 0.950 bits per heavy atom. The molecule has 0 aliphatic rings. The summed E-state index contributed by atoms with van der Waals surface area (Å²) in [7, 11) is 0. The zero-order valence-electron chi connectivity index (χ0n) is 14.0. The maximum Gasteiger partial charge on any atom is 0.0298 e. The van der Waals surface area contributed by atoms with E-state index in [1.165, 1.54) is 63.4 Å². The minimum Gasteiger partial charge on any atom is -0.269 e. The van der Waals surface area contributed by atoms with Crippen LogP contribution in [-0.2, 0) is 0 Å². The van der Waals surface area contributed by atoms with Crippen molar-refractivity contribution >= 4 is 6.21 Å². The minimum absolute atomic E-state index is 0.657. The predicted octanol–water partition coefficient (Wildman–Crippen LogP) is 6.70. The summed E-state index contributed by atoms with van der Waals surface area (Å²) in [4.78, 5) is 4.40. The lowest BCUT2D eigenvalue weighted by molar-refractivity contribution is 0.464. The van der Waals surface area contributed by atoms with Gasteiger partial charge in [-0.15, -0.1) is 0 Å². The first-order valence-corrected chi connectivity index (χ1v) is 8.64. The van der Waals surface area contributed by atoms with Gasteiger partial charge in [0.1, 0.15) is 0 Å². The van der Waals surface area contributed by atoms with Crippen LogP contribution in [0, 0.1) is 5.92 Å². The first kappa shape index (κ1) is 19.1. The van der Waals surface area contributed by atoms with Gasteiger partial charge in [0.15, 0.2) is 0 Å². The van der Waals surface area contributed by atoms with Crippen LogP contribution >= 0.6 is 0 Å². The predicted molar refractivity (Wildman–Crippen MR) is 93.5 cm³/mol. The number of hydrogen-bond acceptors (Lipinski definition) is 1. The molecule has 0 bridgehead atoms. The van der Waals surface area contributed by atoms with E-state index in [9.17, 15) is 0 Å². The first-order chi connectivity index (χ1) is 9.79. The third-order valence-corrected chi connectivity index (χ3v) is 3.78. The standard InChI is InChI=1S/C19H35N/c1-5-9-11-13-15-19(14-12-10-6-2)18(8-4)17-20-16-7-3/h8,16-17,19H,4-7,9-15H2,1-3H3/b18-17+,20-16?. The van der Waals surface area contributed by atoms with Crippen LogP contribution < -0.4 is 0 Å². The van der Waals surface area contributed by atoms with E-state index in [1.54, 1.807) is 0 Å². The Labute approximate surface area is 127 Å². The zero-order chi connectivity index (χ0) is 15.1. The minimum atomic E-state index is 0.657. The molecule has 0 fully saturated rings. The third kappa shape index (κ3) is 10.00. The average molecular weight is 277 g/mol. The highest BCUT2D eigenvalue weighted by Gasteiger charge is 2.11. The van der Waals surface area contributed by atoms with Gasteiger partial charge < -0.3 is 0 Å². The van der Waals surface area contributed by atoms with E-state index in [0.717, 1.165) is 6.42 Å². The lowest BCUT2D eigenvalue weighted by Gasteiger charge is -2.17. The lowest BCUT2D eigenvalue weighted by Crippen LogP contribution is -2.03. The molecule has 0 saturated carbocycles. The number of nitrogens with zero attached hydrogens (tertiary/aromatic N) is 1. The molecule has 1 nitrogen and oxygen atoms in total. The second-order valence-corrected chi connectivity index (χ2v) is 5.62. The second kappa shape index (κ2) is 14.6. The van der Waals surface area contributed by atoms with Gasteiger partial charge >= 0.3 is 0 Å². The molecule has 0 aromatic rings. The highest BCUT2D eigenvalue weighted by Crippen LogP contribution is 2.26. The largest absolute Gasteiger partial charge is 0.269 e. The van der Waals surface area contributed by atoms with Gasteiger partial charge in [0.2, 0.25) is 0 Å². The van der Waals surface area contributed by atoms with Gasteiger partial charge in [-0.05, 0) is 30.8 Å². The van der Waals surface area contributed by atoms with Gasteiger partial charge in [-0.3, -0.25) is 4.99 Å². The maximum absolute atomic E-state index is 4.40. The van der Waals surface area contributed by atoms with Gasteiger partial charge in [0.25, 0.3) is 0 Å². The van der Waals surface area contributed by atoms with Gasteiger partial charge in [0.05, 0.1) is 0 Å². The summed E-state index contributed by atoms with van der Waals surface area (Å²) in [6.45, 7) is 10.7. The topological polar surface area (TPSA) is 12.4 Å². The Balaban J connectivity index is 4.47. The highest BCUT2D eigenvalue weighted by atomic mass is 14.7. The summed E-state index contributed by atoms with van der Waals surface area (Å²) in [5.74, 6) is 0.657. The van der Waals surface area contributed by atoms with Crippen molar-refractivity contribution < 1.29 is 0 Å². The van der Waals surface area contributed by atoms with E-state index in [2.05, 4.69) is 32.3 Å². The average Bonchev–Trinajstić information content (AvgIpc) is 2.47. The van der Waals surface area contributed by atoms with Crippen LogP contribution in [0.3, 0.4) is 0 Å².